The van der Waals surface area contributed by atoms with Gasteiger partial charge in [0.15, 0.2) is 6.61 Å². The first-order chi connectivity index (χ1) is 20.3. The third-order valence-corrected chi connectivity index (χ3v) is 8.57. The van der Waals surface area contributed by atoms with Crippen molar-refractivity contribution in [3.63, 3.8) is 0 Å². The monoisotopic (exact) mass is 580 g/mol. The molecule has 228 valence electrons. The summed E-state index contributed by atoms with van der Waals surface area (Å²) in [5.41, 5.74) is 2.09. The van der Waals surface area contributed by atoms with E-state index in [1.807, 2.05) is 13.0 Å². The summed E-state index contributed by atoms with van der Waals surface area (Å²) in [6.45, 7) is 11.2. The minimum absolute atomic E-state index is 0.240. The zero-order valence-electron chi connectivity index (χ0n) is 25.0. The number of aliphatic carboxylic acids is 1. The van der Waals surface area contributed by atoms with Crippen LogP contribution in [0.15, 0.2) is 36.4 Å². The number of hydrogen-bond donors (Lipinski definition) is 1. The number of carbonyl (C=O) groups excluding carboxylic acids is 1. The van der Waals surface area contributed by atoms with Crippen LogP contribution in [0.3, 0.4) is 0 Å². The predicted molar refractivity (Wildman–Crippen MR) is 158 cm³/mol. The van der Waals surface area contributed by atoms with Crippen molar-refractivity contribution >= 4 is 12.0 Å². The topological polar surface area (TPSA) is 105 Å². The normalized spacial score (nSPS) is 20.9. The molecule has 3 saturated heterocycles. The lowest BCUT2D eigenvalue weighted by Gasteiger charge is -2.39. The number of pyridine rings is 1. The zero-order chi connectivity index (χ0) is 29.6. The molecule has 1 aromatic carbocycles. The van der Waals surface area contributed by atoms with Gasteiger partial charge in [0.1, 0.15) is 11.5 Å². The Morgan fingerprint density at radius 3 is 2.36 bits per heavy atom. The summed E-state index contributed by atoms with van der Waals surface area (Å²) in [5.74, 6) is 1.11. The van der Waals surface area contributed by atoms with E-state index in [9.17, 15) is 9.59 Å². The number of aryl methyl sites for hydroxylation is 1. The van der Waals surface area contributed by atoms with Gasteiger partial charge in [-0.05, 0) is 74.8 Å². The van der Waals surface area contributed by atoms with Gasteiger partial charge in [0.25, 0.3) is 0 Å². The van der Waals surface area contributed by atoms with Crippen LogP contribution in [0.4, 0.5) is 4.79 Å². The summed E-state index contributed by atoms with van der Waals surface area (Å²) in [6.07, 6.45) is 4.91. The maximum atomic E-state index is 13.7. The molecule has 5 rings (SSSR count). The highest BCUT2D eigenvalue weighted by Gasteiger charge is 2.44. The highest BCUT2D eigenvalue weighted by molar-refractivity contribution is 5.78. The number of carboxylic acid groups (broad SMARTS) is 1. The van der Waals surface area contributed by atoms with Crippen molar-refractivity contribution in [1.29, 1.82) is 0 Å². The molecule has 0 bridgehead atoms. The van der Waals surface area contributed by atoms with Crippen LogP contribution >= 0.6 is 0 Å². The number of aromatic nitrogens is 1. The second-order valence-corrected chi connectivity index (χ2v) is 12.1. The molecule has 0 radical (unpaired) electrons. The van der Waals surface area contributed by atoms with Gasteiger partial charge in [0.2, 0.25) is 5.88 Å². The number of amides is 2. The van der Waals surface area contributed by atoms with Crippen LogP contribution < -0.4 is 9.47 Å². The van der Waals surface area contributed by atoms with Crippen LogP contribution in [0.1, 0.15) is 57.2 Å². The fraction of sp³-hybridized carbons (Fsp3) is 0.594. The number of nitrogens with zero attached hydrogens (tertiary/aromatic N) is 4. The highest BCUT2D eigenvalue weighted by atomic mass is 16.5. The standard InChI is InChI=1S/C32H44N4O6/c1-22(2)18-27-20-35(25-12-16-40-17-13-25)32(39)36(27)26-10-14-34(15-11-26)19-24-4-9-30(33-23(24)3)42-29-7-5-28(6-8-29)41-21-31(37)38/h4-9,22,25-27H,10-21H2,1-3H3,(H,37,38). The molecule has 42 heavy (non-hydrogen) atoms. The zero-order valence-corrected chi connectivity index (χ0v) is 25.0. The third kappa shape index (κ3) is 7.52. The lowest BCUT2D eigenvalue weighted by atomic mass is 9.97. The van der Waals surface area contributed by atoms with Crippen LogP contribution in [0.25, 0.3) is 0 Å². The van der Waals surface area contributed by atoms with E-state index < -0.39 is 5.97 Å². The molecule has 1 unspecified atom stereocenters. The van der Waals surface area contributed by atoms with Gasteiger partial charge >= 0.3 is 12.0 Å². The largest absolute Gasteiger partial charge is 0.482 e. The van der Waals surface area contributed by atoms with Crippen LogP contribution in [-0.2, 0) is 16.1 Å². The fourth-order valence-corrected chi connectivity index (χ4v) is 6.44. The van der Waals surface area contributed by atoms with E-state index in [4.69, 9.17) is 19.3 Å². The average molecular weight is 581 g/mol. The first-order valence-corrected chi connectivity index (χ1v) is 15.2. The van der Waals surface area contributed by atoms with Gasteiger partial charge in [-0.1, -0.05) is 19.9 Å². The molecule has 10 heteroatoms. The van der Waals surface area contributed by atoms with Gasteiger partial charge < -0.3 is 29.1 Å². The molecule has 2 amide bonds. The number of piperidine rings is 1. The second-order valence-electron chi connectivity index (χ2n) is 12.1. The summed E-state index contributed by atoms with van der Waals surface area (Å²) in [6, 6.07) is 11.9. The molecular weight excluding hydrogens is 536 g/mol. The smallest absolute Gasteiger partial charge is 0.341 e. The van der Waals surface area contributed by atoms with Crippen LogP contribution in [-0.4, -0.2) is 94.4 Å². The van der Waals surface area contributed by atoms with Crippen molar-refractivity contribution in [2.75, 3.05) is 39.5 Å². The number of carbonyl (C=O) groups is 2. The highest BCUT2D eigenvalue weighted by Crippen LogP contribution is 2.32. The quantitative estimate of drug-likeness (QED) is 0.399. The number of likely N-dealkylation sites (tertiary alicyclic amines) is 1. The van der Waals surface area contributed by atoms with Gasteiger partial charge in [0, 0.05) is 63.2 Å². The fourth-order valence-electron chi connectivity index (χ4n) is 6.44. The Morgan fingerprint density at radius 2 is 1.71 bits per heavy atom. The third-order valence-electron chi connectivity index (χ3n) is 8.57. The Hall–Kier alpha value is -3.37. The Balaban J connectivity index is 1.14. The number of rotatable bonds is 11. The summed E-state index contributed by atoms with van der Waals surface area (Å²) in [4.78, 5) is 35.9. The number of urea groups is 1. The second kappa shape index (κ2) is 13.7. The molecule has 4 heterocycles. The number of ether oxygens (including phenoxy) is 3. The van der Waals surface area contributed by atoms with E-state index >= 15 is 0 Å². The van der Waals surface area contributed by atoms with E-state index in [0.717, 1.165) is 77.2 Å². The Morgan fingerprint density at radius 1 is 1.02 bits per heavy atom. The van der Waals surface area contributed by atoms with Gasteiger partial charge in [-0.2, -0.15) is 0 Å². The van der Waals surface area contributed by atoms with Crippen LogP contribution in [0.5, 0.6) is 17.4 Å². The van der Waals surface area contributed by atoms with Gasteiger partial charge in [-0.15, -0.1) is 0 Å². The van der Waals surface area contributed by atoms with Crippen molar-refractivity contribution in [1.82, 2.24) is 19.7 Å². The van der Waals surface area contributed by atoms with E-state index in [0.29, 0.717) is 41.4 Å². The molecule has 3 fully saturated rings. The first kappa shape index (κ1) is 30.1. The number of carboxylic acids is 1. The molecule has 1 aromatic heterocycles. The average Bonchev–Trinajstić information content (AvgIpc) is 3.29. The van der Waals surface area contributed by atoms with Crippen molar-refractivity contribution < 1.29 is 28.9 Å². The van der Waals surface area contributed by atoms with E-state index in [-0.39, 0.29) is 12.6 Å². The molecule has 0 saturated carbocycles. The minimum atomic E-state index is -1.02. The summed E-state index contributed by atoms with van der Waals surface area (Å²) < 4.78 is 16.6. The maximum absolute atomic E-state index is 13.7. The van der Waals surface area contributed by atoms with Crippen molar-refractivity contribution in [2.45, 2.75) is 77.5 Å². The Bertz CT molecular complexity index is 1210. The van der Waals surface area contributed by atoms with Crippen LogP contribution in [0, 0.1) is 12.8 Å². The van der Waals surface area contributed by atoms with E-state index in [1.165, 1.54) is 5.56 Å². The lowest BCUT2D eigenvalue weighted by Crippen LogP contribution is -2.50. The number of benzene rings is 1. The van der Waals surface area contributed by atoms with Crippen LogP contribution in [0.2, 0.25) is 0 Å². The molecule has 0 aliphatic carbocycles. The first-order valence-electron chi connectivity index (χ1n) is 15.2. The molecule has 1 atom stereocenters. The van der Waals surface area contributed by atoms with Crippen molar-refractivity contribution in [3.8, 4) is 17.4 Å². The molecular formula is C32H44N4O6. The molecule has 1 N–H and O–H groups in total. The Labute approximate surface area is 248 Å². The van der Waals surface area contributed by atoms with E-state index in [2.05, 4.69) is 39.6 Å². The van der Waals surface area contributed by atoms with Gasteiger partial charge in [-0.3, -0.25) is 4.90 Å². The maximum Gasteiger partial charge on any atom is 0.341 e. The molecule has 2 aromatic rings. The SMILES string of the molecule is Cc1nc(Oc2ccc(OCC(=O)O)cc2)ccc1CN1CCC(N2C(=O)N(C3CCOCC3)CC2CC(C)C)CC1. The molecule has 3 aliphatic heterocycles. The van der Waals surface area contributed by atoms with Crippen molar-refractivity contribution in [2.24, 2.45) is 5.92 Å². The van der Waals surface area contributed by atoms with Crippen molar-refractivity contribution in [3.05, 3.63) is 47.7 Å². The predicted octanol–water partition coefficient (Wildman–Crippen LogP) is 4.94. The Kier molecular flexibility index (Phi) is 9.84. The minimum Gasteiger partial charge on any atom is -0.482 e. The molecule has 10 nitrogen and oxygen atoms in total. The van der Waals surface area contributed by atoms with Gasteiger partial charge in [0.05, 0.1) is 6.04 Å². The summed E-state index contributed by atoms with van der Waals surface area (Å²) in [7, 11) is 0. The van der Waals surface area contributed by atoms with Gasteiger partial charge in [-0.25, -0.2) is 14.6 Å². The summed E-state index contributed by atoms with van der Waals surface area (Å²) >= 11 is 0. The summed E-state index contributed by atoms with van der Waals surface area (Å²) in [5, 5.41) is 8.75. The molecule has 0 spiro atoms. The number of hydrogen-bond acceptors (Lipinski definition) is 7. The van der Waals surface area contributed by atoms with E-state index in [1.54, 1.807) is 24.3 Å². The lowest BCUT2D eigenvalue weighted by molar-refractivity contribution is -0.139. The molecule has 3 aliphatic rings.